The SMILES string of the molecule is COc1ccc(NS(=O)(=O)c2c(C)nn(C)c2Cl)c2c1C[C@@H](N(C)C)CC2. The molecule has 0 saturated carbocycles. The van der Waals surface area contributed by atoms with Gasteiger partial charge in [0.05, 0.1) is 18.5 Å². The molecule has 2 aromatic rings. The third kappa shape index (κ3) is 3.66. The Kier molecular flexibility index (Phi) is 5.42. The summed E-state index contributed by atoms with van der Waals surface area (Å²) in [5.41, 5.74) is 2.97. The first-order valence-corrected chi connectivity index (χ1v) is 10.6. The van der Waals surface area contributed by atoms with E-state index in [1.807, 2.05) is 6.07 Å². The van der Waals surface area contributed by atoms with Gasteiger partial charge in [-0.1, -0.05) is 11.6 Å². The van der Waals surface area contributed by atoms with Crippen LogP contribution >= 0.6 is 11.6 Å². The summed E-state index contributed by atoms with van der Waals surface area (Å²) in [6.07, 6.45) is 2.54. The van der Waals surface area contributed by atoms with E-state index in [0.29, 0.717) is 17.4 Å². The molecule has 1 aromatic heterocycles. The van der Waals surface area contributed by atoms with Gasteiger partial charge in [0, 0.05) is 18.7 Å². The van der Waals surface area contributed by atoms with Gasteiger partial charge in [0.25, 0.3) is 10.0 Å². The average Bonchev–Trinajstić information content (AvgIpc) is 2.87. The van der Waals surface area contributed by atoms with Crippen LogP contribution in [0.25, 0.3) is 0 Å². The van der Waals surface area contributed by atoms with Gasteiger partial charge in [-0.25, -0.2) is 8.42 Å². The number of hydrogen-bond donors (Lipinski definition) is 1. The molecule has 0 bridgehead atoms. The van der Waals surface area contributed by atoms with E-state index >= 15 is 0 Å². The lowest BCUT2D eigenvalue weighted by Gasteiger charge is -2.32. The lowest BCUT2D eigenvalue weighted by Crippen LogP contribution is -2.34. The molecule has 9 heteroatoms. The average molecular weight is 413 g/mol. The summed E-state index contributed by atoms with van der Waals surface area (Å²) in [5, 5.41) is 4.20. The van der Waals surface area contributed by atoms with Crippen molar-refractivity contribution in [3.63, 3.8) is 0 Å². The van der Waals surface area contributed by atoms with Gasteiger partial charge >= 0.3 is 0 Å². The minimum atomic E-state index is -3.85. The number of likely N-dealkylation sites (N-methyl/N-ethyl adjacent to an activating group) is 1. The van der Waals surface area contributed by atoms with Crippen LogP contribution in [-0.2, 0) is 29.9 Å². The molecule has 0 spiro atoms. The molecule has 1 N–H and O–H groups in total. The second-order valence-corrected chi connectivity index (χ2v) is 9.04. The van der Waals surface area contributed by atoms with E-state index in [-0.39, 0.29) is 10.0 Å². The third-order valence-electron chi connectivity index (χ3n) is 5.12. The maximum atomic E-state index is 13.0. The molecule has 148 valence electrons. The zero-order valence-corrected chi connectivity index (χ0v) is 17.8. The second kappa shape index (κ2) is 7.33. The highest BCUT2D eigenvalue weighted by Crippen LogP contribution is 2.37. The van der Waals surface area contributed by atoms with Crippen molar-refractivity contribution in [3.05, 3.63) is 34.1 Å². The lowest BCUT2D eigenvalue weighted by atomic mass is 9.86. The summed E-state index contributed by atoms with van der Waals surface area (Å²) >= 11 is 6.17. The van der Waals surface area contributed by atoms with Gasteiger partial charge in [-0.3, -0.25) is 9.40 Å². The Bertz CT molecular complexity index is 969. The standard InChI is InChI=1S/C18H25ClN4O3S/c1-11-17(18(19)23(4)20-11)27(24,25)21-15-8-9-16(26-5)14-10-12(22(2)3)6-7-13(14)15/h8-9,12,21H,6-7,10H2,1-5H3/t12-/m0/s1. The van der Waals surface area contributed by atoms with Crippen LogP contribution in [0.4, 0.5) is 5.69 Å². The predicted molar refractivity (Wildman–Crippen MR) is 106 cm³/mol. The fraction of sp³-hybridized carbons (Fsp3) is 0.500. The Morgan fingerprint density at radius 2 is 2.04 bits per heavy atom. The molecule has 0 fully saturated rings. The summed E-state index contributed by atoms with van der Waals surface area (Å²) < 4.78 is 35.6. The molecule has 1 aromatic carbocycles. The van der Waals surface area contributed by atoms with Crippen molar-refractivity contribution in [2.24, 2.45) is 7.05 Å². The van der Waals surface area contributed by atoms with Crippen LogP contribution in [0.15, 0.2) is 17.0 Å². The molecule has 0 unspecified atom stereocenters. The van der Waals surface area contributed by atoms with Crippen LogP contribution in [0, 0.1) is 6.92 Å². The molecule has 1 aliphatic carbocycles. The van der Waals surface area contributed by atoms with Gasteiger partial charge in [-0.05, 0) is 58.0 Å². The van der Waals surface area contributed by atoms with Crippen LogP contribution in [0.1, 0.15) is 23.2 Å². The Morgan fingerprint density at radius 1 is 1.33 bits per heavy atom. The molecule has 27 heavy (non-hydrogen) atoms. The number of benzene rings is 1. The molecule has 0 aliphatic heterocycles. The molecule has 1 heterocycles. The Morgan fingerprint density at radius 3 is 2.59 bits per heavy atom. The van der Waals surface area contributed by atoms with E-state index in [2.05, 4.69) is 28.8 Å². The van der Waals surface area contributed by atoms with Gasteiger partial charge < -0.3 is 9.64 Å². The monoisotopic (exact) mass is 412 g/mol. The van der Waals surface area contributed by atoms with Crippen molar-refractivity contribution in [1.29, 1.82) is 0 Å². The number of aromatic nitrogens is 2. The number of methoxy groups -OCH3 is 1. The normalized spacial score (nSPS) is 17.1. The number of aryl methyl sites for hydroxylation is 2. The van der Waals surface area contributed by atoms with Gasteiger partial charge in [0.2, 0.25) is 0 Å². The maximum Gasteiger partial charge on any atom is 0.266 e. The molecule has 3 rings (SSSR count). The minimum Gasteiger partial charge on any atom is -0.496 e. The van der Waals surface area contributed by atoms with E-state index < -0.39 is 10.0 Å². The molecule has 0 radical (unpaired) electrons. The highest BCUT2D eigenvalue weighted by Gasteiger charge is 2.29. The van der Waals surface area contributed by atoms with Crippen LogP contribution in [0.5, 0.6) is 5.75 Å². The second-order valence-electron chi connectivity index (χ2n) is 7.07. The number of nitrogens with one attached hydrogen (secondary N) is 1. The predicted octanol–water partition coefficient (Wildman–Crippen LogP) is 2.61. The van der Waals surface area contributed by atoms with E-state index in [9.17, 15) is 8.42 Å². The van der Waals surface area contributed by atoms with Crippen LogP contribution in [0.2, 0.25) is 5.15 Å². The van der Waals surface area contributed by atoms with Crippen LogP contribution in [0.3, 0.4) is 0 Å². The molecule has 1 aliphatic rings. The summed E-state index contributed by atoms with van der Waals surface area (Å²) in [6, 6.07) is 3.96. The summed E-state index contributed by atoms with van der Waals surface area (Å²) in [5.74, 6) is 0.787. The van der Waals surface area contributed by atoms with Crippen LogP contribution < -0.4 is 9.46 Å². The molecule has 0 amide bonds. The van der Waals surface area contributed by atoms with E-state index in [4.69, 9.17) is 16.3 Å². The van der Waals surface area contributed by atoms with Gasteiger partial charge in [-0.2, -0.15) is 5.10 Å². The lowest BCUT2D eigenvalue weighted by molar-refractivity contribution is 0.265. The van der Waals surface area contributed by atoms with Crippen molar-refractivity contribution >= 4 is 27.3 Å². The smallest absolute Gasteiger partial charge is 0.266 e. The largest absolute Gasteiger partial charge is 0.496 e. The number of sulfonamides is 1. The third-order valence-corrected chi connectivity index (χ3v) is 7.18. The Balaban J connectivity index is 2.02. The molecular weight excluding hydrogens is 388 g/mol. The van der Waals surface area contributed by atoms with Crippen LogP contribution in [-0.4, -0.2) is 50.3 Å². The van der Waals surface area contributed by atoms with Crippen molar-refractivity contribution in [3.8, 4) is 5.75 Å². The van der Waals surface area contributed by atoms with Gasteiger partial charge in [-0.15, -0.1) is 0 Å². The maximum absolute atomic E-state index is 13.0. The first-order chi connectivity index (χ1) is 12.7. The number of ether oxygens (including phenoxy) is 1. The summed E-state index contributed by atoms with van der Waals surface area (Å²) in [7, 11) is 3.51. The summed E-state index contributed by atoms with van der Waals surface area (Å²) in [6.45, 7) is 1.63. The van der Waals surface area contributed by atoms with E-state index in [0.717, 1.165) is 36.1 Å². The number of rotatable bonds is 5. The van der Waals surface area contributed by atoms with Crippen molar-refractivity contribution < 1.29 is 13.2 Å². The van der Waals surface area contributed by atoms with Crippen molar-refractivity contribution in [2.45, 2.75) is 37.1 Å². The number of nitrogens with zero attached hydrogens (tertiary/aromatic N) is 3. The van der Waals surface area contributed by atoms with Crippen molar-refractivity contribution in [1.82, 2.24) is 14.7 Å². The molecular formula is C18H25ClN4O3S. The number of hydrogen-bond acceptors (Lipinski definition) is 5. The molecule has 1 atom stereocenters. The van der Waals surface area contributed by atoms with E-state index in [1.54, 1.807) is 27.1 Å². The van der Waals surface area contributed by atoms with E-state index in [1.165, 1.54) is 4.68 Å². The van der Waals surface area contributed by atoms with Crippen molar-refractivity contribution in [2.75, 3.05) is 25.9 Å². The number of fused-ring (bicyclic) bond motifs is 1. The first-order valence-electron chi connectivity index (χ1n) is 8.72. The fourth-order valence-electron chi connectivity index (χ4n) is 3.67. The number of anilines is 1. The Hall–Kier alpha value is -1.77. The van der Waals surface area contributed by atoms with Gasteiger partial charge in [0.15, 0.2) is 0 Å². The highest BCUT2D eigenvalue weighted by molar-refractivity contribution is 7.92. The topological polar surface area (TPSA) is 76.5 Å². The highest BCUT2D eigenvalue weighted by atomic mass is 35.5. The Labute approximate surface area is 165 Å². The van der Waals surface area contributed by atoms with Gasteiger partial charge in [0.1, 0.15) is 15.8 Å². The minimum absolute atomic E-state index is 0.0122. The summed E-state index contributed by atoms with van der Waals surface area (Å²) in [4.78, 5) is 2.20. The molecule has 7 nitrogen and oxygen atoms in total. The zero-order chi connectivity index (χ0) is 19.9. The fourth-order valence-corrected chi connectivity index (χ4v) is 5.51. The quantitative estimate of drug-likeness (QED) is 0.816. The first kappa shape index (κ1) is 20.0. The molecule has 0 saturated heterocycles. The zero-order valence-electron chi connectivity index (χ0n) is 16.2. The number of halogens is 1.